The van der Waals surface area contributed by atoms with Gasteiger partial charge in [-0.2, -0.15) is 0 Å². The van der Waals surface area contributed by atoms with Crippen LogP contribution in [0.5, 0.6) is 0 Å². The lowest BCUT2D eigenvalue weighted by atomic mass is 10.1. The van der Waals surface area contributed by atoms with Crippen LogP contribution in [-0.4, -0.2) is 47.3 Å². The number of nitrogens with zero attached hydrogens (tertiary/aromatic N) is 2. The number of hydrogen-bond acceptors (Lipinski definition) is 4. The molecule has 0 unspecified atom stereocenters. The molecular formula is C22H29N3O2S. The Morgan fingerprint density at radius 1 is 1.14 bits per heavy atom. The van der Waals surface area contributed by atoms with Crippen LogP contribution in [-0.2, 0) is 17.9 Å². The summed E-state index contributed by atoms with van der Waals surface area (Å²) in [5.41, 5.74) is 2.35. The molecule has 2 heterocycles. The molecule has 150 valence electrons. The summed E-state index contributed by atoms with van der Waals surface area (Å²) < 4.78 is 0. The number of amides is 2. The number of likely N-dealkylation sites (tertiary alicyclic amines) is 1. The summed E-state index contributed by atoms with van der Waals surface area (Å²) in [6, 6.07) is 11.7. The summed E-state index contributed by atoms with van der Waals surface area (Å²) >= 11 is 1.42. The summed E-state index contributed by atoms with van der Waals surface area (Å²) in [4.78, 5) is 30.1. The second-order valence-corrected chi connectivity index (χ2v) is 8.08. The van der Waals surface area contributed by atoms with Gasteiger partial charge in [-0.15, -0.1) is 11.3 Å². The fraction of sp³-hybridized carbons (Fsp3) is 0.455. The van der Waals surface area contributed by atoms with Gasteiger partial charge in [0.05, 0.1) is 4.88 Å². The maximum Gasteiger partial charge on any atom is 0.264 e. The highest BCUT2D eigenvalue weighted by atomic mass is 32.1. The largest absolute Gasteiger partial charge is 0.350 e. The third kappa shape index (κ3) is 5.00. The molecular weight excluding hydrogens is 370 g/mol. The molecule has 0 radical (unpaired) electrons. The SMILES string of the molecule is CCN(CC)Cc1ccc(CNC(=O)[C@@H]2CCCN2C(=O)c2cccs2)cc1. The molecule has 1 aromatic carbocycles. The Morgan fingerprint density at radius 3 is 2.50 bits per heavy atom. The van der Waals surface area contributed by atoms with Gasteiger partial charge in [0.15, 0.2) is 0 Å². The smallest absolute Gasteiger partial charge is 0.264 e. The summed E-state index contributed by atoms with van der Waals surface area (Å²) in [6.07, 6.45) is 1.60. The zero-order valence-corrected chi connectivity index (χ0v) is 17.5. The van der Waals surface area contributed by atoms with Gasteiger partial charge in [-0.25, -0.2) is 0 Å². The van der Waals surface area contributed by atoms with Gasteiger partial charge in [-0.1, -0.05) is 44.2 Å². The molecule has 6 heteroatoms. The summed E-state index contributed by atoms with van der Waals surface area (Å²) in [5.74, 6) is -0.0944. The minimum atomic E-state index is -0.364. The predicted octanol–water partition coefficient (Wildman–Crippen LogP) is 3.51. The normalized spacial score (nSPS) is 16.5. The Labute approximate surface area is 171 Å². The van der Waals surface area contributed by atoms with Crippen molar-refractivity contribution in [2.45, 2.75) is 45.8 Å². The van der Waals surface area contributed by atoms with Crippen LogP contribution in [0.1, 0.15) is 47.5 Å². The first-order chi connectivity index (χ1) is 13.6. The van der Waals surface area contributed by atoms with E-state index < -0.39 is 0 Å². The van der Waals surface area contributed by atoms with E-state index in [0.717, 1.165) is 38.0 Å². The third-order valence-electron chi connectivity index (χ3n) is 5.34. The van der Waals surface area contributed by atoms with E-state index in [1.165, 1.54) is 16.9 Å². The molecule has 1 atom stereocenters. The van der Waals surface area contributed by atoms with Crippen LogP contribution in [0.4, 0.5) is 0 Å². The first-order valence-corrected chi connectivity index (χ1v) is 10.9. The highest BCUT2D eigenvalue weighted by molar-refractivity contribution is 7.12. The van der Waals surface area contributed by atoms with Crippen molar-refractivity contribution in [3.05, 3.63) is 57.8 Å². The van der Waals surface area contributed by atoms with Gasteiger partial charge < -0.3 is 10.2 Å². The lowest BCUT2D eigenvalue weighted by Crippen LogP contribution is -2.45. The molecule has 1 aromatic heterocycles. The standard InChI is InChI=1S/C22H29N3O2S/c1-3-24(4-2)16-18-11-9-17(10-12-18)15-23-21(26)19-7-5-13-25(19)22(27)20-8-6-14-28-20/h6,8-12,14,19H,3-5,7,13,15-16H2,1-2H3,(H,23,26)/t19-/m0/s1. The van der Waals surface area contributed by atoms with Crippen LogP contribution < -0.4 is 5.32 Å². The van der Waals surface area contributed by atoms with E-state index in [2.05, 4.69) is 48.3 Å². The Morgan fingerprint density at radius 2 is 1.86 bits per heavy atom. The fourth-order valence-corrected chi connectivity index (χ4v) is 4.28. The van der Waals surface area contributed by atoms with Crippen molar-refractivity contribution >= 4 is 23.2 Å². The molecule has 5 nitrogen and oxygen atoms in total. The number of thiophene rings is 1. The molecule has 2 amide bonds. The number of nitrogens with one attached hydrogen (secondary N) is 1. The molecule has 0 spiro atoms. The van der Waals surface area contributed by atoms with Crippen LogP contribution in [0.25, 0.3) is 0 Å². The quantitative estimate of drug-likeness (QED) is 0.739. The third-order valence-corrected chi connectivity index (χ3v) is 6.20. The van der Waals surface area contributed by atoms with Crippen LogP contribution in [0.3, 0.4) is 0 Å². The van der Waals surface area contributed by atoms with E-state index in [1.807, 2.05) is 17.5 Å². The minimum absolute atomic E-state index is 0.0339. The van der Waals surface area contributed by atoms with Crippen molar-refractivity contribution in [1.29, 1.82) is 0 Å². The minimum Gasteiger partial charge on any atom is -0.350 e. The Balaban J connectivity index is 1.54. The molecule has 1 aliphatic rings. The summed E-state index contributed by atoms with van der Waals surface area (Å²) in [7, 11) is 0. The van der Waals surface area contributed by atoms with E-state index in [9.17, 15) is 9.59 Å². The Bertz CT molecular complexity index is 770. The number of rotatable bonds is 8. The van der Waals surface area contributed by atoms with E-state index in [4.69, 9.17) is 0 Å². The number of carbonyl (C=O) groups excluding carboxylic acids is 2. The molecule has 1 fully saturated rings. The summed E-state index contributed by atoms with van der Waals surface area (Å²) in [5, 5.41) is 4.90. The van der Waals surface area contributed by atoms with Gasteiger partial charge >= 0.3 is 0 Å². The topological polar surface area (TPSA) is 52.7 Å². The molecule has 0 bridgehead atoms. The van der Waals surface area contributed by atoms with Gasteiger partial charge in [0.2, 0.25) is 5.91 Å². The molecule has 3 rings (SSSR count). The second-order valence-electron chi connectivity index (χ2n) is 7.13. The van der Waals surface area contributed by atoms with Crippen molar-refractivity contribution in [1.82, 2.24) is 15.1 Å². The van der Waals surface area contributed by atoms with Crippen molar-refractivity contribution in [2.75, 3.05) is 19.6 Å². The number of benzene rings is 1. The second kappa shape index (κ2) is 9.85. The number of hydrogen-bond donors (Lipinski definition) is 1. The molecule has 1 N–H and O–H groups in total. The molecule has 0 saturated carbocycles. The van der Waals surface area contributed by atoms with Crippen LogP contribution >= 0.6 is 11.3 Å². The highest BCUT2D eigenvalue weighted by Gasteiger charge is 2.34. The first kappa shape index (κ1) is 20.6. The van der Waals surface area contributed by atoms with Crippen LogP contribution in [0, 0.1) is 0 Å². The van der Waals surface area contributed by atoms with E-state index in [1.54, 1.807) is 4.90 Å². The molecule has 2 aromatic rings. The predicted molar refractivity (Wildman–Crippen MR) is 113 cm³/mol. The zero-order valence-electron chi connectivity index (χ0n) is 16.7. The van der Waals surface area contributed by atoms with Crippen molar-refractivity contribution < 1.29 is 9.59 Å². The highest BCUT2D eigenvalue weighted by Crippen LogP contribution is 2.22. The molecule has 1 saturated heterocycles. The maximum atomic E-state index is 12.7. The van der Waals surface area contributed by atoms with Gasteiger partial charge in [-0.05, 0) is 48.5 Å². The van der Waals surface area contributed by atoms with E-state index in [0.29, 0.717) is 18.0 Å². The molecule has 0 aliphatic carbocycles. The van der Waals surface area contributed by atoms with Crippen molar-refractivity contribution in [2.24, 2.45) is 0 Å². The van der Waals surface area contributed by atoms with Crippen LogP contribution in [0.2, 0.25) is 0 Å². The monoisotopic (exact) mass is 399 g/mol. The van der Waals surface area contributed by atoms with Crippen molar-refractivity contribution in [3.63, 3.8) is 0 Å². The van der Waals surface area contributed by atoms with Gasteiger partial charge in [0.1, 0.15) is 6.04 Å². The average Bonchev–Trinajstić information content (AvgIpc) is 3.42. The Hall–Kier alpha value is -2.18. The lowest BCUT2D eigenvalue weighted by molar-refractivity contribution is -0.125. The zero-order chi connectivity index (χ0) is 19.9. The van der Waals surface area contributed by atoms with Crippen LogP contribution in [0.15, 0.2) is 41.8 Å². The van der Waals surface area contributed by atoms with E-state index in [-0.39, 0.29) is 17.9 Å². The number of carbonyl (C=O) groups is 2. The van der Waals surface area contributed by atoms with Gasteiger partial charge in [-0.3, -0.25) is 14.5 Å². The maximum absolute atomic E-state index is 12.7. The molecule has 28 heavy (non-hydrogen) atoms. The average molecular weight is 400 g/mol. The Kier molecular flexibility index (Phi) is 7.23. The van der Waals surface area contributed by atoms with Gasteiger partial charge in [0.25, 0.3) is 5.91 Å². The van der Waals surface area contributed by atoms with E-state index >= 15 is 0 Å². The lowest BCUT2D eigenvalue weighted by Gasteiger charge is -2.23. The van der Waals surface area contributed by atoms with Crippen molar-refractivity contribution in [3.8, 4) is 0 Å². The van der Waals surface area contributed by atoms with Gasteiger partial charge in [0, 0.05) is 19.6 Å². The first-order valence-electron chi connectivity index (χ1n) is 10.0. The molecule has 1 aliphatic heterocycles. The fourth-order valence-electron chi connectivity index (χ4n) is 3.60. The summed E-state index contributed by atoms with van der Waals surface area (Å²) in [6.45, 7) is 8.50.